The molecule has 1 aromatic rings. The molecule has 0 bridgehead atoms. The van der Waals surface area contributed by atoms with Crippen LogP contribution in [0.3, 0.4) is 0 Å². The number of benzene rings is 1. The predicted octanol–water partition coefficient (Wildman–Crippen LogP) is 3.45. The van der Waals surface area contributed by atoms with Crippen molar-refractivity contribution in [3.63, 3.8) is 0 Å². The number of fused-ring (bicyclic) bond motifs is 1. The molecule has 124 valence electrons. The van der Waals surface area contributed by atoms with Crippen molar-refractivity contribution < 1.29 is 19.4 Å². The summed E-state index contributed by atoms with van der Waals surface area (Å²) in [4.78, 5) is 27.5. The monoisotopic (exact) mass is 318 g/mol. The number of carbonyl (C=O) groups excluding carboxylic acids is 1. The number of hydrogen-bond acceptors (Lipinski definition) is 4. The Bertz CT molecular complexity index is 672. The van der Waals surface area contributed by atoms with E-state index in [4.69, 9.17) is 4.74 Å². The van der Waals surface area contributed by atoms with E-state index in [-0.39, 0.29) is 12.1 Å². The number of hydrogen-bond donors (Lipinski definition) is 2. The van der Waals surface area contributed by atoms with E-state index in [1.54, 1.807) is 26.8 Å². The molecule has 1 heterocycles. The van der Waals surface area contributed by atoms with E-state index in [1.807, 2.05) is 6.92 Å². The van der Waals surface area contributed by atoms with Gasteiger partial charge in [-0.15, -0.1) is 0 Å². The summed E-state index contributed by atoms with van der Waals surface area (Å²) in [5, 5.41) is 12.0. The molecule has 1 amide bonds. The molecule has 0 aromatic heterocycles. The Hall–Kier alpha value is -2.37. The molecular formula is C17H22N2O4. The highest BCUT2D eigenvalue weighted by molar-refractivity contribution is 5.98. The summed E-state index contributed by atoms with van der Waals surface area (Å²) >= 11 is 0. The lowest BCUT2D eigenvalue weighted by Crippen LogP contribution is -2.32. The van der Waals surface area contributed by atoms with Crippen LogP contribution >= 0.6 is 0 Å². The van der Waals surface area contributed by atoms with Crippen LogP contribution in [0, 0.1) is 0 Å². The van der Waals surface area contributed by atoms with Crippen molar-refractivity contribution in [3.05, 3.63) is 28.8 Å². The Balaban J connectivity index is 2.23. The van der Waals surface area contributed by atoms with Gasteiger partial charge in [0.05, 0.1) is 11.3 Å². The van der Waals surface area contributed by atoms with Crippen LogP contribution in [0.1, 0.15) is 55.6 Å². The fraction of sp³-hybridized carbons (Fsp3) is 0.471. The van der Waals surface area contributed by atoms with Gasteiger partial charge in [-0.3, -0.25) is 4.99 Å². The van der Waals surface area contributed by atoms with E-state index >= 15 is 0 Å². The summed E-state index contributed by atoms with van der Waals surface area (Å²) < 4.78 is 5.21. The van der Waals surface area contributed by atoms with Gasteiger partial charge in [-0.05, 0) is 57.7 Å². The van der Waals surface area contributed by atoms with Crippen molar-refractivity contribution in [2.75, 3.05) is 0 Å². The summed E-state index contributed by atoms with van der Waals surface area (Å²) in [6, 6.07) is 3.27. The minimum Gasteiger partial charge on any atom is -0.478 e. The molecule has 1 aliphatic rings. The highest BCUT2D eigenvalue weighted by atomic mass is 16.6. The fourth-order valence-corrected chi connectivity index (χ4v) is 2.46. The SMILES string of the molecule is CC1=Nc2c(C(=O)O)ccc(CNC(=O)OC(C)(C)C)c2CC1. The Morgan fingerprint density at radius 2 is 2.00 bits per heavy atom. The summed E-state index contributed by atoms with van der Waals surface area (Å²) in [5.74, 6) is -0.994. The number of aromatic carboxylic acids is 1. The van der Waals surface area contributed by atoms with Gasteiger partial charge in [0, 0.05) is 12.3 Å². The quantitative estimate of drug-likeness (QED) is 0.893. The first kappa shape index (κ1) is 17.0. The Morgan fingerprint density at radius 3 is 2.61 bits per heavy atom. The summed E-state index contributed by atoms with van der Waals surface area (Å²) in [6.07, 6.45) is 1.01. The third kappa shape index (κ3) is 4.31. The third-order valence-electron chi connectivity index (χ3n) is 3.47. The molecule has 2 rings (SSSR count). The number of carbonyl (C=O) groups is 2. The van der Waals surface area contributed by atoms with Crippen molar-refractivity contribution in [1.29, 1.82) is 0 Å². The number of carboxylic acids is 1. The predicted molar refractivity (Wildman–Crippen MR) is 87.6 cm³/mol. The first-order chi connectivity index (χ1) is 10.7. The molecule has 23 heavy (non-hydrogen) atoms. The smallest absolute Gasteiger partial charge is 0.407 e. The van der Waals surface area contributed by atoms with Gasteiger partial charge < -0.3 is 15.2 Å². The van der Waals surface area contributed by atoms with Crippen molar-refractivity contribution in [2.24, 2.45) is 4.99 Å². The first-order valence-electron chi connectivity index (χ1n) is 7.56. The van der Waals surface area contributed by atoms with Gasteiger partial charge in [-0.25, -0.2) is 9.59 Å². The maximum atomic E-state index is 11.8. The number of amides is 1. The summed E-state index contributed by atoms with van der Waals surface area (Å²) in [7, 11) is 0. The average Bonchev–Trinajstić information content (AvgIpc) is 2.42. The molecule has 0 fully saturated rings. The van der Waals surface area contributed by atoms with Gasteiger partial charge in [0.25, 0.3) is 0 Å². The lowest BCUT2D eigenvalue weighted by molar-refractivity contribution is 0.0522. The second-order valence-corrected chi connectivity index (χ2v) is 6.61. The van der Waals surface area contributed by atoms with Crippen LogP contribution < -0.4 is 5.32 Å². The Kier molecular flexibility index (Phi) is 4.73. The second-order valence-electron chi connectivity index (χ2n) is 6.61. The zero-order valence-corrected chi connectivity index (χ0v) is 13.9. The van der Waals surface area contributed by atoms with E-state index in [0.717, 1.165) is 29.7 Å². The molecule has 6 heteroatoms. The zero-order valence-electron chi connectivity index (χ0n) is 13.9. The van der Waals surface area contributed by atoms with Crippen LogP contribution in [-0.2, 0) is 17.7 Å². The van der Waals surface area contributed by atoms with E-state index in [1.165, 1.54) is 6.07 Å². The largest absolute Gasteiger partial charge is 0.478 e. The van der Waals surface area contributed by atoms with Gasteiger partial charge in [-0.1, -0.05) is 6.07 Å². The molecule has 0 aliphatic carbocycles. The number of nitrogens with zero attached hydrogens (tertiary/aromatic N) is 1. The fourth-order valence-electron chi connectivity index (χ4n) is 2.46. The van der Waals surface area contributed by atoms with Crippen LogP contribution in [0.4, 0.5) is 10.5 Å². The molecule has 0 spiro atoms. The number of rotatable bonds is 3. The normalized spacial score (nSPS) is 13.8. The number of carboxylic acid groups (broad SMARTS) is 1. The van der Waals surface area contributed by atoms with Crippen molar-refractivity contribution >= 4 is 23.5 Å². The third-order valence-corrected chi connectivity index (χ3v) is 3.47. The minimum absolute atomic E-state index is 0.195. The lowest BCUT2D eigenvalue weighted by atomic mass is 9.93. The first-order valence-corrected chi connectivity index (χ1v) is 7.56. The maximum Gasteiger partial charge on any atom is 0.407 e. The zero-order chi connectivity index (χ0) is 17.2. The Labute approximate surface area is 135 Å². The molecule has 0 saturated carbocycles. The van der Waals surface area contributed by atoms with Crippen molar-refractivity contribution in [2.45, 2.75) is 52.7 Å². The molecule has 2 N–H and O–H groups in total. The van der Waals surface area contributed by atoms with Gasteiger partial charge in [0.2, 0.25) is 0 Å². The van der Waals surface area contributed by atoms with Gasteiger partial charge in [0.1, 0.15) is 5.60 Å². The van der Waals surface area contributed by atoms with Crippen LogP contribution in [0.15, 0.2) is 17.1 Å². The maximum absolute atomic E-state index is 11.8. The Morgan fingerprint density at radius 1 is 1.30 bits per heavy atom. The molecule has 0 unspecified atom stereocenters. The average molecular weight is 318 g/mol. The molecular weight excluding hydrogens is 296 g/mol. The van der Waals surface area contributed by atoms with E-state index in [0.29, 0.717) is 5.69 Å². The van der Waals surface area contributed by atoms with E-state index in [9.17, 15) is 14.7 Å². The lowest BCUT2D eigenvalue weighted by Gasteiger charge is -2.21. The number of nitrogens with one attached hydrogen (secondary N) is 1. The molecule has 0 atom stereocenters. The standard InChI is InChI=1S/C17H22N2O4/c1-10-5-7-12-11(9-18-16(22)23-17(2,3)4)6-8-13(15(20)21)14(12)19-10/h6,8H,5,7,9H2,1-4H3,(H,18,22)(H,20,21). The van der Waals surface area contributed by atoms with Crippen LogP contribution in [-0.4, -0.2) is 28.5 Å². The minimum atomic E-state index is -0.994. The van der Waals surface area contributed by atoms with Gasteiger partial charge in [-0.2, -0.15) is 0 Å². The topological polar surface area (TPSA) is 88.0 Å². The molecule has 0 saturated heterocycles. The van der Waals surface area contributed by atoms with Crippen molar-refractivity contribution in [1.82, 2.24) is 5.32 Å². The molecule has 1 aromatic carbocycles. The molecule has 6 nitrogen and oxygen atoms in total. The van der Waals surface area contributed by atoms with E-state index in [2.05, 4.69) is 10.3 Å². The highest BCUT2D eigenvalue weighted by Gasteiger charge is 2.21. The summed E-state index contributed by atoms with van der Waals surface area (Å²) in [6.45, 7) is 7.57. The number of aliphatic imine (C=N–C) groups is 1. The van der Waals surface area contributed by atoms with Gasteiger partial charge in [0.15, 0.2) is 0 Å². The number of ether oxygens (including phenoxy) is 1. The molecule has 1 aliphatic heterocycles. The van der Waals surface area contributed by atoms with E-state index < -0.39 is 17.7 Å². The van der Waals surface area contributed by atoms with Gasteiger partial charge >= 0.3 is 12.1 Å². The second kappa shape index (κ2) is 6.40. The molecule has 0 radical (unpaired) electrons. The van der Waals surface area contributed by atoms with Crippen LogP contribution in [0.5, 0.6) is 0 Å². The summed E-state index contributed by atoms with van der Waals surface area (Å²) in [5.41, 5.74) is 2.80. The van der Waals surface area contributed by atoms with Crippen LogP contribution in [0.2, 0.25) is 0 Å². The van der Waals surface area contributed by atoms with Crippen LogP contribution in [0.25, 0.3) is 0 Å². The highest BCUT2D eigenvalue weighted by Crippen LogP contribution is 2.33. The van der Waals surface area contributed by atoms with Crippen molar-refractivity contribution in [3.8, 4) is 0 Å². The number of alkyl carbamates (subject to hydrolysis) is 1.